The zero-order valence-electron chi connectivity index (χ0n) is 5.34. The lowest BCUT2D eigenvalue weighted by molar-refractivity contribution is 0.468. The Morgan fingerprint density at radius 2 is 2.10 bits per heavy atom. The van der Waals surface area contributed by atoms with E-state index >= 15 is 0 Å². The number of phenolic OH excluding ortho intramolecular Hbond substituents is 1. The second-order valence-corrected chi connectivity index (χ2v) is 2.50. The van der Waals surface area contributed by atoms with Crippen molar-refractivity contribution in [1.29, 1.82) is 0 Å². The van der Waals surface area contributed by atoms with Gasteiger partial charge in [0.2, 0.25) is 0 Å². The molecule has 0 atom stereocenters. The first-order chi connectivity index (χ1) is 4.84. The van der Waals surface area contributed by atoms with Crippen molar-refractivity contribution in [2.24, 2.45) is 0 Å². The standard InChI is InChI=1S/C7H8BrNO/c8-9-5-6-3-1-2-4-7(6)10/h1-4,9-10H,5H2. The molecule has 3 heteroatoms. The summed E-state index contributed by atoms with van der Waals surface area (Å²) in [5.41, 5.74) is 0.888. The molecule has 10 heavy (non-hydrogen) atoms. The highest BCUT2D eigenvalue weighted by Crippen LogP contribution is 2.14. The van der Waals surface area contributed by atoms with Gasteiger partial charge in [-0.15, -0.1) is 0 Å². The first kappa shape index (κ1) is 7.57. The molecule has 1 rings (SSSR count). The van der Waals surface area contributed by atoms with Crippen molar-refractivity contribution >= 4 is 16.1 Å². The average molecular weight is 202 g/mol. The summed E-state index contributed by atoms with van der Waals surface area (Å²) in [4.78, 5) is 0. The third-order valence-corrected chi connectivity index (χ3v) is 1.53. The summed E-state index contributed by atoms with van der Waals surface area (Å²) in [6.45, 7) is 0.632. The number of hydrogen-bond acceptors (Lipinski definition) is 2. The SMILES string of the molecule is Oc1ccccc1CNBr. The van der Waals surface area contributed by atoms with Gasteiger partial charge in [0.1, 0.15) is 5.75 Å². The van der Waals surface area contributed by atoms with E-state index in [4.69, 9.17) is 0 Å². The summed E-state index contributed by atoms with van der Waals surface area (Å²) in [5.74, 6) is 0.328. The zero-order chi connectivity index (χ0) is 7.40. The van der Waals surface area contributed by atoms with E-state index in [1.807, 2.05) is 12.1 Å². The van der Waals surface area contributed by atoms with E-state index in [1.165, 1.54) is 0 Å². The van der Waals surface area contributed by atoms with Crippen molar-refractivity contribution in [1.82, 2.24) is 4.34 Å². The molecule has 0 saturated carbocycles. The molecule has 0 spiro atoms. The van der Waals surface area contributed by atoms with Crippen LogP contribution in [0.5, 0.6) is 5.75 Å². The molecule has 0 amide bonds. The minimum Gasteiger partial charge on any atom is -0.508 e. The van der Waals surface area contributed by atoms with Gasteiger partial charge in [-0.05, 0) is 6.07 Å². The van der Waals surface area contributed by atoms with Crippen molar-refractivity contribution in [3.63, 3.8) is 0 Å². The van der Waals surface area contributed by atoms with Gasteiger partial charge >= 0.3 is 0 Å². The van der Waals surface area contributed by atoms with Crippen molar-refractivity contribution < 1.29 is 5.11 Å². The number of para-hydroxylation sites is 1. The van der Waals surface area contributed by atoms with Crippen LogP contribution in [0.4, 0.5) is 0 Å². The smallest absolute Gasteiger partial charge is 0.120 e. The summed E-state index contributed by atoms with van der Waals surface area (Å²) in [5, 5.41) is 9.18. The van der Waals surface area contributed by atoms with E-state index in [2.05, 4.69) is 20.5 Å². The third kappa shape index (κ3) is 1.72. The Kier molecular flexibility index (Phi) is 2.71. The Morgan fingerprint density at radius 1 is 1.40 bits per heavy atom. The first-order valence-electron chi connectivity index (χ1n) is 2.95. The number of rotatable bonds is 2. The number of benzene rings is 1. The molecule has 0 unspecified atom stereocenters. The highest BCUT2D eigenvalue weighted by molar-refractivity contribution is 9.08. The van der Waals surface area contributed by atoms with E-state index in [-0.39, 0.29) is 0 Å². The fraction of sp³-hybridized carbons (Fsp3) is 0.143. The van der Waals surface area contributed by atoms with E-state index in [9.17, 15) is 5.11 Å². The molecule has 0 heterocycles. The van der Waals surface area contributed by atoms with E-state index in [1.54, 1.807) is 12.1 Å². The van der Waals surface area contributed by atoms with Crippen LogP contribution >= 0.6 is 16.1 Å². The largest absolute Gasteiger partial charge is 0.508 e. The Hall–Kier alpha value is -0.540. The molecule has 0 aliphatic carbocycles. The highest BCUT2D eigenvalue weighted by atomic mass is 79.9. The number of halogens is 1. The first-order valence-corrected chi connectivity index (χ1v) is 3.74. The predicted molar refractivity (Wildman–Crippen MR) is 43.9 cm³/mol. The second kappa shape index (κ2) is 3.58. The van der Waals surface area contributed by atoms with Crippen LogP contribution < -0.4 is 4.34 Å². The Labute approximate surface area is 68.2 Å². The molecule has 0 fully saturated rings. The van der Waals surface area contributed by atoms with Crippen LogP contribution in [0, 0.1) is 0 Å². The number of nitrogens with one attached hydrogen (secondary N) is 1. The van der Waals surface area contributed by atoms with Gasteiger partial charge in [0.05, 0.1) is 0 Å². The summed E-state index contributed by atoms with van der Waals surface area (Å²) in [6, 6.07) is 7.22. The number of aromatic hydroxyl groups is 1. The molecule has 0 saturated heterocycles. The fourth-order valence-electron chi connectivity index (χ4n) is 0.732. The van der Waals surface area contributed by atoms with Crippen molar-refractivity contribution in [2.75, 3.05) is 0 Å². The summed E-state index contributed by atoms with van der Waals surface area (Å²) < 4.78 is 2.78. The van der Waals surface area contributed by atoms with Crippen LogP contribution in [0.3, 0.4) is 0 Å². The maximum atomic E-state index is 9.18. The van der Waals surface area contributed by atoms with Crippen LogP contribution in [0.1, 0.15) is 5.56 Å². The molecule has 2 N–H and O–H groups in total. The molecule has 54 valence electrons. The molecule has 2 nitrogen and oxygen atoms in total. The van der Waals surface area contributed by atoms with Crippen LogP contribution in [0.25, 0.3) is 0 Å². The van der Waals surface area contributed by atoms with Gasteiger partial charge in [-0.1, -0.05) is 18.2 Å². The van der Waals surface area contributed by atoms with Gasteiger partial charge in [0, 0.05) is 28.3 Å². The molecule has 0 bridgehead atoms. The maximum Gasteiger partial charge on any atom is 0.120 e. The fourth-order valence-corrected chi connectivity index (χ4v) is 1.03. The van der Waals surface area contributed by atoms with Crippen molar-refractivity contribution in [3.8, 4) is 5.75 Å². The predicted octanol–water partition coefficient (Wildman–Crippen LogP) is 1.79. The minimum absolute atomic E-state index is 0.328. The molecule has 0 aromatic heterocycles. The second-order valence-electron chi connectivity index (χ2n) is 1.94. The average Bonchev–Trinajstić information content (AvgIpc) is 1.94. The highest BCUT2D eigenvalue weighted by Gasteiger charge is 1.95. The van der Waals surface area contributed by atoms with Gasteiger partial charge < -0.3 is 5.11 Å². The van der Waals surface area contributed by atoms with Gasteiger partial charge in [-0.3, -0.25) is 4.34 Å². The summed E-state index contributed by atoms with van der Waals surface area (Å²) in [7, 11) is 0. The Morgan fingerprint density at radius 3 is 2.70 bits per heavy atom. The lowest BCUT2D eigenvalue weighted by Crippen LogP contribution is -1.96. The molecule has 1 aromatic carbocycles. The molecular weight excluding hydrogens is 194 g/mol. The third-order valence-electron chi connectivity index (χ3n) is 1.25. The van der Waals surface area contributed by atoms with Crippen molar-refractivity contribution in [2.45, 2.75) is 6.54 Å². The van der Waals surface area contributed by atoms with E-state index < -0.39 is 0 Å². The van der Waals surface area contributed by atoms with Crippen LogP contribution in [-0.4, -0.2) is 5.11 Å². The maximum absolute atomic E-state index is 9.18. The normalized spacial score (nSPS) is 9.70. The molecular formula is C7H8BrNO. The van der Waals surface area contributed by atoms with Gasteiger partial charge in [-0.2, -0.15) is 0 Å². The lowest BCUT2D eigenvalue weighted by atomic mass is 10.2. The molecule has 1 aromatic rings. The van der Waals surface area contributed by atoms with Gasteiger partial charge in [0.15, 0.2) is 0 Å². The molecule has 0 radical (unpaired) electrons. The van der Waals surface area contributed by atoms with Gasteiger partial charge in [-0.25, -0.2) is 0 Å². The van der Waals surface area contributed by atoms with Crippen LogP contribution in [-0.2, 0) is 6.54 Å². The summed E-state index contributed by atoms with van der Waals surface area (Å²) >= 11 is 3.06. The zero-order valence-corrected chi connectivity index (χ0v) is 6.93. The topological polar surface area (TPSA) is 32.3 Å². The van der Waals surface area contributed by atoms with Crippen LogP contribution in [0.15, 0.2) is 24.3 Å². The Balaban J connectivity index is 2.81. The molecule has 0 aliphatic heterocycles. The Bertz CT molecular complexity index is 215. The molecule has 0 aliphatic rings. The van der Waals surface area contributed by atoms with E-state index in [0.29, 0.717) is 12.3 Å². The summed E-state index contributed by atoms with van der Waals surface area (Å²) in [6.07, 6.45) is 0. The monoisotopic (exact) mass is 201 g/mol. The van der Waals surface area contributed by atoms with Crippen molar-refractivity contribution in [3.05, 3.63) is 29.8 Å². The number of phenols is 1. The lowest BCUT2D eigenvalue weighted by Gasteiger charge is -1.99. The quantitative estimate of drug-likeness (QED) is 0.716. The minimum atomic E-state index is 0.328. The van der Waals surface area contributed by atoms with Gasteiger partial charge in [0.25, 0.3) is 0 Å². The van der Waals surface area contributed by atoms with Crippen LogP contribution in [0.2, 0.25) is 0 Å². The number of hydrogen-bond donors (Lipinski definition) is 2. The van der Waals surface area contributed by atoms with E-state index in [0.717, 1.165) is 5.56 Å².